The molecule has 5 heteroatoms. The zero-order valence-electron chi connectivity index (χ0n) is 11.8. The van der Waals surface area contributed by atoms with Crippen LogP contribution in [0.4, 0.5) is 0 Å². The molecule has 0 fully saturated rings. The highest BCUT2D eigenvalue weighted by molar-refractivity contribution is 7.86. The zero-order valence-corrected chi connectivity index (χ0v) is 13.6. The average Bonchev–Trinajstić information content (AvgIpc) is 2.13. The Morgan fingerprint density at radius 1 is 1.06 bits per heavy atom. The molecule has 0 amide bonds. The molecule has 0 atom stereocenters. The minimum absolute atomic E-state index is 0.260. The number of aryl methyl sites for hydroxylation is 2. The second kappa shape index (κ2) is 5.55. The summed E-state index contributed by atoms with van der Waals surface area (Å²) in [4.78, 5) is 0.260. The second-order valence-corrected chi connectivity index (χ2v) is 13.1. The fourth-order valence-corrected chi connectivity index (χ4v) is 3.56. The smallest absolute Gasteiger partial charge is 0.267 e. The Balaban J connectivity index is 2.80. The molecule has 18 heavy (non-hydrogen) atoms. The monoisotopic (exact) mass is 286 g/mol. The first-order chi connectivity index (χ1) is 8.10. The van der Waals surface area contributed by atoms with Gasteiger partial charge in [0.1, 0.15) is 0 Å². The minimum Gasteiger partial charge on any atom is -0.267 e. The molecular weight excluding hydrogens is 264 g/mol. The molecule has 0 N–H and O–H groups in total. The summed E-state index contributed by atoms with van der Waals surface area (Å²) in [6.45, 7) is 10.6. The van der Waals surface area contributed by atoms with Crippen molar-refractivity contribution in [1.29, 1.82) is 0 Å². The van der Waals surface area contributed by atoms with Gasteiger partial charge < -0.3 is 0 Å². The molecule has 0 aliphatic rings. The Morgan fingerprint density at radius 2 is 1.56 bits per heavy atom. The van der Waals surface area contributed by atoms with Crippen LogP contribution in [0.1, 0.15) is 11.1 Å². The van der Waals surface area contributed by atoms with Gasteiger partial charge in [-0.2, -0.15) is 8.42 Å². The van der Waals surface area contributed by atoms with Crippen LogP contribution in [0.5, 0.6) is 0 Å². The molecule has 0 saturated heterocycles. The van der Waals surface area contributed by atoms with E-state index in [-0.39, 0.29) is 11.5 Å². The largest absolute Gasteiger partial charge is 0.296 e. The van der Waals surface area contributed by atoms with Gasteiger partial charge in [0.15, 0.2) is 0 Å². The first-order valence-corrected chi connectivity index (χ1v) is 11.2. The summed E-state index contributed by atoms with van der Waals surface area (Å²) < 4.78 is 29.1. The Labute approximate surface area is 111 Å². The van der Waals surface area contributed by atoms with Crippen LogP contribution in [0.2, 0.25) is 25.7 Å². The molecule has 1 aromatic carbocycles. The van der Waals surface area contributed by atoms with Crippen molar-refractivity contribution in [2.24, 2.45) is 0 Å². The molecule has 0 aliphatic heterocycles. The molecular formula is C13H22O3SSi. The Bertz CT molecular complexity index is 495. The lowest BCUT2D eigenvalue weighted by Gasteiger charge is -2.15. The van der Waals surface area contributed by atoms with Crippen molar-refractivity contribution in [3.63, 3.8) is 0 Å². The van der Waals surface area contributed by atoms with Crippen molar-refractivity contribution < 1.29 is 12.6 Å². The Morgan fingerprint density at radius 3 is 2.00 bits per heavy atom. The first-order valence-electron chi connectivity index (χ1n) is 6.08. The summed E-state index contributed by atoms with van der Waals surface area (Å²) >= 11 is 0. The standard InChI is InChI=1S/C13H22O3SSi/c1-11-8-12(2)10-13(9-11)17(14,15)16-6-7-18(3,4)5/h8-10H,6-7H2,1-5H3. The van der Waals surface area contributed by atoms with Crippen molar-refractivity contribution in [1.82, 2.24) is 0 Å². The predicted octanol–water partition coefficient (Wildman–Crippen LogP) is 3.35. The summed E-state index contributed by atoms with van der Waals surface area (Å²) in [6.07, 6.45) is 0. The van der Waals surface area contributed by atoms with Crippen molar-refractivity contribution in [2.75, 3.05) is 6.61 Å². The molecule has 0 saturated carbocycles. The lowest BCUT2D eigenvalue weighted by molar-refractivity contribution is 0.336. The van der Waals surface area contributed by atoms with Gasteiger partial charge in [-0.25, -0.2) is 0 Å². The highest BCUT2D eigenvalue weighted by atomic mass is 32.2. The van der Waals surface area contributed by atoms with Crippen LogP contribution < -0.4 is 0 Å². The van der Waals surface area contributed by atoms with E-state index in [0.717, 1.165) is 17.2 Å². The fraction of sp³-hybridized carbons (Fsp3) is 0.538. The Hall–Kier alpha value is -0.653. The van der Waals surface area contributed by atoms with Gasteiger partial charge in [0.25, 0.3) is 10.1 Å². The van der Waals surface area contributed by atoms with E-state index in [9.17, 15) is 8.42 Å². The van der Waals surface area contributed by atoms with Gasteiger partial charge in [0, 0.05) is 8.07 Å². The van der Waals surface area contributed by atoms with E-state index in [4.69, 9.17) is 4.18 Å². The van der Waals surface area contributed by atoms with E-state index in [1.165, 1.54) is 0 Å². The maximum absolute atomic E-state index is 12.0. The molecule has 0 radical (unpaired) electrons. The molecule has 1 rings (SSSR count). The first kappa shape index (κ1) is 15.4. The van der Waals surface area contributed by atoms with Gasteiger partial charge in [0.2, 0.25) is 0 Å². The third-order valence-corrected chi connectivity index (χ3v) is 5.57. The van der Waals surface area contributed by atoms with E-state index < -0.39 is 18.2 Å². The lowest BCUT2D eigenvalue weighted by Crippen LogP contribution is -2.22. The molecule has 0 aromatic heterocycles. The predicted molar refractivity (Wildman–Crippen MR) is 77.2 cm³/mol. The molecule has 102 valence electrons. The van der Waals surface area contributed by atoms with Gasteiger partial charge in [-0.3, -0.25) is 4.18 Å². The SMILES string of the molecule is Cc1cc(C)cc(S(=O)(=O)OCC[Si](C)(C)C)c1. The number of hydrogen-bond donors (Lipinski definition) is 0. The van der Waals surface area contributed by atoms with Crippen LogP contribution in [-0.4, -0.2) is 23.1 Å². The van der Waals surface area contributed by atoms with Crippen LogP contribution in [0, 0.1) is 13.8 Å². The van der Waals surface area contributed by atoms with Gasteiger partial charge in [-0.05, 0) is 43.2 Å². The zero-order chi connectivity index (χ0) is 14.0. The molecule has 0 unspecified atom stereocenters. The van der Waals surface area contributed by atoms with E-state index in [0.29, 0.717) is 0 Å². The van der Waals surface area contributed by atoms with Crippen molar-refractivity contribution in [2.45, 2.75) is 44.4 Å². The maximum atomic E-state index is 12.0. The molecule has 0 aliphatic carbocycles. The molecule has 0 heterocycles. The van der Waals surface area contributed by atoms with E-state index in [2.05, 4.69) is 19.6 Å². The third-order valence-electron chi connectivity index (χ3n) is 2.57. The Kier molecular flexibility index (Phi) is 4.75. The normalized spacial score (nSPS) is 12.7. The number of benzene rings is 1. The molecule has 0 spiro atoms. The van der Waals surface area contributed by atoms with Crippen LogP contribution in [0.15, 0.2) is 23.1 Å². The van der Waals surface area contributed by atoms with Crippen molar-refractivity contribution >= 4 is 18.2 Å². The van der Waals surface area contributed by atoms with Gasteiger partial charge in [-0.15, -0.1) is 0 Å². The van der Waals surface area contributed by atoms with Crippen LogP contribution in [-0.2, 0) is 14.3 Å². The maximum Gasteiger partial charge on any atom is 0.296 e. The van der Waals surface area contributed by atoms with Crippen molar-refractivity contribution in [3.05, 3.63) is 29.3 Å². The average molecular weight is 286 g/mol. The quantitative estimate of drug-likeness (QED) is 0.616. The van der Waals surface area contributed by atoms with Gasteiger partial charge in [0.05, 0.1) is 11.5 Å². The summed E-state index contributed by atoms with van der Waals surface area (Å²) in [6, 6.07) is 6.09. The topological polar surface area (TPSA) is 43.4 Å². The lowest BCUT2D eigenvalue weighted by atomic mass is 10.2. The van der Waals surface area contributed by atoms with Crippen LogP contribution in [0.3, 0.4) is 0 Å². The van der Waals surface area contributed by atoms with E-state index in [1.54, 1.807) is 12.1 Å². The summed E-state index contributed by atoms with van der Waals surface area (Å²) in [5, 5.41) is 0. The minimum atomic E-state index is -3.61. The fourth-order valence-electron chi connectivity index (χ4n) is 1.60. The number of rotatable bonds is 5. The summed E-state index contributed by atoms with van der Waals surface area (Å²) in [7, 11) is -4.87. The van der Waals surface area contributed by atoms with Crippen LogP contribution >= 0.6 is 0 Å². The highest BCUT2D eigenvalue weighted by Crippen LogP contribution is 2.18. The second-order valence-electron chi connectivity index (χ2n) is 5.91. The van der Waals surface area contributed by atoms with E-state index >= 15 is 0 Å². The van der Waals surface area contributed by atoms with Crippen LogP contribution in [0.25, 0.3) is 0 Å². The molecule has 1 aromatic rings. The van der Waals surface area contributed by atoms with E-state index in [1.807, 2.05) is 19.9 Å². The van der Waals surface area contributed by atoms with Gasteiger partial charge >= 0.3 is 0 Å². The summed E-state index contributed by atoms with van der Waals surface area (Å²) in [5.41, 5.74) is 1.87. The highest BCUT2D eigenvalue weighted by Gasteiger charge is 2.19. The number of hydrogen-bond acceptors (Lipinski definition) is 3. The third kappa shape index (κ3) is 4.92. The summed E-state index contributed by atoms with van der Waals surface area (Å²) in [5.74, 6) is 0. The molecule has 0 bridgehead atoms. The van der Waals surface area contributed by atoms with Gasteiger partial charge in [-0.1, -0.05) is 25.7 Å². The van der Waals surface area contributed by atoms with Crippen molar-refractivity contribution in [3.8, 4) is 0 Å². The molecule has 3 nitrogen and oxygen atoms in total.